The number of hydrogen-bond acceptors (Lipinski definition) is 3. The molecule has 1 amide bonds. The van der Waals surface area contributed by atoms with E-state index in [1.165, 1.54) is 0 Å². The number of amides is 1. The summed E-state index contributed by atoms with van der Waals surface area (Å²) in [5, 5.41) is 2.74. The summed E-state index contributed by atoms with van der Waals surface area (Å²) in [5.74, 6) is -0.0686. The molecule has 0 fully saturated rings. The van der Waals surface area contributed by atoms with Crippen LogP contribution in [0.1, 0.15) is 41.0 Å². The summed E-state index contributed by atoms with van der Waals surface area (Å²) in [5.41, 5.74) is -0.750. The van der Waals surface area contributed by atoms with E-state index in [9.17, 15) is 13.2 Å². The van der Waals surface area contributed by atoms with E-state index in [-0.39, 0.29) is 17.9 Å². The molecule has 2 N–H and O–H groups in total. The summed E-state index contributed by atoms with van der Waals surface area (Å²) in [6.45, 7) is 9.66. The van der Waals surface area contributed by atoms with Crippen LogP contribution in [0, 0.1) is 5.41 Å². The first kappa shape index (κ1) is 16.4. The zero-order valence-electron chi connectivity index (χ0n) is 11.5. The van der Waals surface area contributed by atoms with Gasteiger partial charge in [-0.25, -0.2) is 13.1 Å². The Hall–Kier alpha value is -0.620. The highest BCUT2D eigenvalue weighted by Gasteiger charge is 2.23. The van der Waals surface area contributed by atoms with E-state index in [1.807, 2.05) is 20.8 Å². The van der Waals surface area contributed by atoms with E-state index in [0.717, 1.165) is 6.26 Å². The minimum atomic E-state index is -3.27. The molecule has 0 radical (unpaired) electrons. The van der Waals surface area contributed by atoms with Crippen LogP contribution in [0.5, 0.6) is 0 Å². The fraction of sp³-hybridized carbons (Fsp3) is 0.909. The standard InChI is InChI=1S/C11H24N2O3S/c1-10(2,3)7-9(14)12-8-11(4,5)13-17(6,15)16/h13H,7-8H2,1-6H3,(H,12,14). The van der Waals surface area contributed by atoms with Crippen LogP contribution in [0.25, 0.3) is 0 Å². The maximum Gasteiger partial charge on any atom is 0.220 e. The van der Waals surface area contributed by atoms with E-state index >= 15 is 0 Å². The predicted octanol–water partition coefficient (Wildman–Crippen LogP) is 0.867. The molecule has 0 bridgehead atoms. The first-order chi connectivity index (χ1) is 7.31. The van der Waals surface area contributed by atoms with Gasteiger partial charge in [-0.2, -0.15) is 0 Å². The highest BCUT2D eigenvalue weighted by molar-refractivity contribution is 7.88. The first-order valence-corrected chi connectivity index (χ1v) is 7.46. The van der Waals surface area contributed by atoms with Gasteiger partial charge < -0.3 is 5.32 Å². The molecule has 6 heteroatoms. The van der Waals surface area contributed by atoms with Crippen molar-refractivity contribution in [2.75, 3.05) is 12.8 Å². The number of sulfonamides is 1. The maximum absolute atomic E-state index is 11.6. The van der Waals surface area contributed by atoms with Gasteiger partial charge in [-0.3, -0.25) is 4.79 Å². The van der Waals surface area contributed by atoms with Crippen LogP contribution in [0.2, 0.25) is 0 Å². The number of carbonyl (C=O) groups excluding carboxylic acids is 1. The predicted molar refractivity (Wildman–Crippen MR) is 69.1 cm³/mol. The molecule has 0 aliphatic heterocycles. The van der Waals surface area contributed by atoms with Crippen LogP contribution < -0.4 is 10.0 Å². The number of rotatable bonds is 5. The quantitative estimate of drug-likeness (QED) is 0.773. The van der Waals surface area contributed by atoms with E-state index in [0.29, 0.717) is 6.42 Å². The molecule has 0 atom stereocenters. The third-order valence-electron chi connectivity index (χ3n) is 1.88. The molecular weight excluding hydrogens is 240 g/mol. The van der Waals surface area contributed by atoms with Gasteiger partial charge in [-0.05, 0) is 19.3 Å². The van der Waals surface area contributed by atoms with Crippen molar-refractivity contribution in [1.29, 1.82) is 0 Å². The Kier molecular flexibility index (Phi) is 5.16. The molecule has 0 saturated heterocycles. The minimum absolute atomic E-state index is 0.0686. The van der Waals surface area contributed by atoms with Crippen molar-refractivity contribution in [2.24, 2.45) is 5.41 Å². The van der Waals surface area contributed by atoms with E-state index in [4.69, 9.17) is 0 Å². The fourth-order valence-corrected chi connectivity index (χ4v) is 2.48. The van der Waals surface area contributed by atoms with Crippen molar-refractivity contribution in [1.82, 2.24) is 10.0 Å². The van der Waals surface area contributed by atoms with Gasteiger partial charge in [-0.1, -0.05) is 20.8 Å². The smallest absolute Gasteiger partial charge is 0.220 e. The van der Waals surface area contributed by atoms with Crippen molar-refractivity contribution in [3.8, 4) is 0 Å². The van der Waals surface area contributed by atoms with Crippen molar-refractivity contribution in [3.05, 3.63) is 0 Å². The van der Waals surface area contributed by atoms with Gasteiger partial charge in [0.25, 0.3) is 0 Å². The van der Waals surface area contributed by atoms with E-state index in [1.54, 1.807) is 13.8 Å². The van der Waals surface area contributed by atoms with Gasteiger partial charge in [0.15, 0.2) is 0 Å². The van der Waals surface area contributed by atoms with Gasteiger partial charge >= 0.3 is 0 Å². The van der Waals surface area contributed by atoms with E-state index < -0.39 is 15.6 Å². The lowest BCUT2D eigenvalue weighted by atomic mass is 9.92. The Morgan fingerprint density at radius 3 is 1.94 bits per heavy atom. The molecule has 0 aromatic carbocycles. The summed E-state index contributed by atoms with van der Waals surface area (Å²) < 4.78 is 24.7. The van der Waals surface area contributed by atoms with Crippen LogP contribution >= 0.6 is 0 Å². The Bertz CT molecular complexity index is 367. The molecule has 0 aliphatic rings. The third kappa shape index (κ3) is 10.3. The lowest BCUT2D eigenvalue weighted by molar-refractivity contribution is -0.123. The monoisotopic (exact) mass is 264 g/mol. The average molecular weight is 264 g/mol. The molecule has 0 aromatic rings. The highest BCUT2D eigenvalue weighted by Crippen LogP contribution is 2.17. The van der Waals surface area contributed by atoms with Crippen LogP contribution in [0.4, 0.5) is 0 Å². The van der Waals surface area contributed by atoms with Gasteiger partial charge in [-0.15, -0.1) is 0 Å². The molecular formula is C11H24N2O3S. The van der Waals surface area contributed by atoms with Gasteiger partial charge in [0.05, 0.1) is 6.26 Å². The summed E-state index contributed by atoms with van der Waals surface area (Å²) in [7, 11) is -3.27. The SMILES string of the molecule is CC(C)(C)CC(=O)NCC(C)(C)NS(C)(=O)=O. The third-order valence-corrected chi connectivity index (χ3v) is 2.80. The normalized spacial score (nSPS) is 13.5. The van der Waals surface area contributed by atoms with Crippen molar-refractivity contribution in [2.45, 2.75) is 46.6 Å². The maximum atomic E-state index is 11.6. The Labute approximate surface area is 104 Å². The molecule has 0 rings (SSSR count). The zero-order valence-corrected chi connectivity index (χ0v) is 12.4. The molecule has 0 saturated carbocycles. The largest absolute Gasteiger partial charge is 0.354 e. The summed E-state index contributed by atoms with van der Waals surface area (Å²) >= 11 is 0. The van der Waals surface area contributed by atoms with Gasteiger partial charge in [0, 0.05) is 18.5 Å². The summed E-state index contributed by atoms with van der Waals surface area (Å²) in [6, 6.07) is 0. The van der Waals surface area contributed by atoms with E-state index in [2.05, 4.69) is 10.0 Å². The Morgan fingerprint density at radius 2 is 1.59 bits per heavy atom. The minimum Gasteiger partial charge on any atom is -0.354 e. The topological polar surface area (TPSA) is 75.3 Å². The van der Waals surface area contributed by atoms with Crippen molar-refractivity contribution >= 4 is 15.9 Å². The summed E-state index contributed by atoms with van der Waals surface area (Å²) in [6.07, 6.45) is 1.52. The number of nitrogens with one attached hydrogen (secondary N) is 2. The lowest BCUT2D eigenvalue weighted by Crippen LogP contribution is -2.51. The second-order valence-electron chi connectivity index (χ2n) is 6.27. The highest BCUT2D eigenvalue weighted by atomic mass is 32.2. The van der Waals surface area contributed by atoms with Crippen LogP contribution in [-0.2, 0) is 14.8 Å². The molecule has 0 heterocycles. The fourth-order valence-electron chi connectivity index (χ4n) is 1.40. The first-order valence-electron chi connectivity index (χ1n) is 5.56. The second-order valence-corrected chi connectivity index (χ2v) is 8.02. The molecule has 0 aliphatic carbocycles. The van der Waals surface area contributed by atoms with Crippen LogP contribution in [0.15, 0.2) is 0 Å². The molecule has 0 aromatic heterocycles. The van der Waals surface area contributed by atoms with Crippen LogP contribution in [-0.4, -0.2) is 32.7 Å². The molecule has 102 valence electrons. The van der Waals surface area contributed by atoms with Crippen LogP contribution in [0.3, 0.4) is 0 Å². The van der Waals surface area contributed by atoms with Crippen molar-refractivity contribution in [3.63, 3.8) is 0 Å². The number of carbonyl (C=O) groups is 1. The second kappa shape index (κ2) is 5.35. The van der Waals surface area contributed by atoms with Gasteiger partial charge in [0.2, 0.25) is 15.9 Å². The van der Waals surface area contributed by atoms with Crippen molar-refractivity contribution < 1.29 is 13.2 Å². The zero-order chi connectivity index (χ0) is 13.9. The lowest BCUT2D eigenvalue weighted by Gasteiger charge is -2.26. The Morgan fingerprint density at radius 1 is 1.12 bits per heavy atom. The average Bonchev–Trinajstić information content (AvgIpc) is 1.92. The Balaban J connectivity index is 4.24. The molecule has 0 unspecified atom stereocenters. The summed E-state index contributed by atoms with van der Waals surface area (Å²) in [4.78, 5) is 11.6. The number of hydrogen-bond donors (Lipinski definition) is 2. The molecule has 17 heavy (non-hydrogen) atoms. The van der Waals surface area contributed by atoms with Gasteiger partial charge in [0.1, 0.15) is 0 Å². The molecule has 0 spiro atoms. The molecule has 5 nitrogen and oxygen atoms in total.